The van der Waals surface area contributed by atoms with Crippen LogP contribution in [0.25, 0.3) is 0 Å². The number of hydrogen-bond donors (Lipinski definition) is 4. The van der Waals surface area contributed by atoms with E-state index in [1.165, 1.54) is 43.0 Å². The zero-order valence-electron chi connectivity index (χ0n) is 14.6. The summed E-state index contributed by atoms with van der Waals surface area (Å²) in [5.41, 5.74) is 0.329. The first-order valence-corrected chi connectivity index (χ1v) is 8.45. The highest BCUT2D eigenvalue weighted by molar-refractivity contribution is 5.94. The Balaban J connectivity index is 1.80. The van der Waals surface area contributed by atoms with Crippen molar-refractivity contribution in [1.29, 1.82) is 0 Å². The lowest BCUT2D eigenvalue weighted by molar-refractivity contribution is -0.251. The Morgan fingerprint density at radius 1 is 1.07 bits per heavy atom. The molecule has 1 aliphatic rings. The van der Waals surface area contributed by atoms with Gasteiger partial charge in [0.2, 0.25) is 6.29 Å². The molecule has 5 atom stereocenters. The van der Waals surface area contributed by atoms with Crippen LogP contribution in [-0.4, -0.2) is 74.4 Å². The molecule has 10 heteroatoms. The first-order chi connectivity index (χ1) is 13.5. The number of nitrogens with zero attached hydrogens (tertiary/aromatic N) is 2. The van der Waals surface area contributed by atoms with Gasteiger partial charge in [0.1, 0.15) is 24.4 Å². The van der Waals surface area contributed by atoms with Crippen molar-refractivity contribution in [3.8, 4) is 0 Å². The monoisotopic (exact) mass is 389 g/mol. The van der Waals surface area contributed by atoms with E-state index in [1.807, 2.05) is 0 Å². The molecule has 3 rings (SSSR count). The Morgan fingerprint density at radius 3 is 2.29 bits per heavy atom. The van der Waals surface area contributed by atoms with Gasteiger partial charge >= 0.3 is 5.97 Å². The quantitative estimate of drug-likeness (QED) is 0.466. The summed E-state index contributed by atoms with van der Waals surface area (Å²) in [4.78, 5) is 32.4. The molecule has 1 unspecified atom stereocenters. The Hall–Kier alpha value is -2.92. The lowest BCUT2D eigenvalue weighted by Crippen LogP contribution is -2.65. The molecule has 3 heterocycles. The van der Waals surface area contributed by atoms with Crippen LogP contribution >= 0.6 is 0 Å². The number of aliphatic hydroxyl groups excluding tert-OH is 3. The van der Waals surface area contributed by atoms with Crippen LogP contribution < -0.4 is 5.32 Å². The van der Waals surface area contributed by atoms with Gasteiger partial charge in [-0.2, -0.15) is 0 Å². The Bertz CT molecular complexity index is 805. The van der Waals surface area contributed by atoms with Crippen molar-refractivity contribution in [2.75, 3.05) is 6.61 Å². The van der Waals surface area contributed by atoms with Gasteiger partial charge in [0.15, 0.2) is 0 Å². The zero-order chi connectivity index (χ0) is 20.1. The molecule has 2 aromatic heterocycles. The molecule has 0 bridgehead atoms. The molecule has 4 N–H and O–H groups in total. The first kappa shape index (κ1) is 19.8. The van der Waals surface area contributed by atoms with Crippen molar-refractivity contribution >= 4 is 11.9 Å². The highest BCUT2D eigenvalue weighted by Crippen LogP contribution is 2.23. The van der Waals surface area contributed by atoms with Crippen molar-refractivity contribution in [1.82, 2.24) is 15.3 Å². The molecular formula is C18H19N3O7. The van der Waals surface area contributed by atoms with Gasteiger partial charge in [-0.3, -0.25) is 14.8 Å². The fourth-order valence-corrected chi connectivity index (χ4v) is 2.73. The fraction of sp³-hybridized carbons (Fsp3) is 0.333. The average Bonchev–Trinajstić information content (AvgIpc) is 2.74. The van der Waals surface area contributed by atoms with Crippen LogP contribution in [-0.2, 0) is 9.47 Å². The SMILES string of the molecule is O=C(N[C@H]1C(OC(=O)c2cccnc2)O[C@H](CO)[C@@H](O)[C@@H]1O)c1cccnc1. The fourth-order valence-electron chi connectivity index (χ4n) is 2.73. The van der Waals surface area contributed by atoms with Crippen molar-refractivity contribution < 1.29 is 34.4 Å². The van der Waals surface area contributed by atoms with Gasteiger partial charge in [-0.1, -0.05) is 0 Å². The van der Waals surface area contributed by atoms with E-state index < -0.39 is 49.1 Å². The second kappa shape index (κ2) is 8.85. The highest BCUT2D eigenvalue weighted by Gasteiger charge is 2.47. The summed E-state index contributed by atoms with van der Waals surface area (Å²) in [5.74, 6) is -1.42. The van der Waals surface area contributed by atoms with Crippen LogP contribution in [0.1, 0.15) is 20.7 Å². The predicted octanol–water partition coefficient (Wildman–Crippen LogP) is -1.13. The highest BCUT2D eigenvalue weighted by atomic mass is 16.7. The molecular weight excluding hydrogens is 370 g/mol. The van der Waals surface area contributed by atoms with Gasteiger partial charge in [0, 0.05) is 24.8 Å². The van der Waals surface area contributed by atoms with Gasteiger partial charge in [-0.15, -0.1) is 0 Å². The molecule has 28 heavy (non-hydrogen) atoms. The third-order valence-corrected chi connectivity index (χ3v) is 4.22. The maximum absolute atomic E-state index is 12.4. The minimum atomic E-state index is -1.56. The van der Waals surface area contributed by atoms with Crippen LogP contribution in [0.15, 0.2) is 49.1 Å². The summed E-state index contributed by atoms with van der Waals surface area (Å²) in [6.07, 6.45) is -0.151. The number of rotatable bonds is 5. The molecule has 1 amide bonds. The Morgan fingerprint density at radius 2 is 1.71 bits per heavy atom. The summed E-state index contributed by atoms with van der Waals surface area (Å²) < 4.78 is 10.7. The topological polar surface area (TPSA) is 151 Å². The Kier molecular flexibility index (Phi) is 6.26. The molecule has 10 nitrogen and oxygen atoms in total. The number of aromatic nitrogens is 2. The van der Waals surface area contributed by atoms with Gasteiger partial charge in [-0.05, 0) is 24.3 Å². The van der Waals surface area contributed by atoms with Gasteiger partial charge in [0.05, 0.1) is 17.7 Å². The van der Waals surface area contributed by atoms with Crippen molar-refractivity contribution in [3.63, 3.8) is 0 Å². The number of esters is 1. The van der Waals surface area contributed by atoms with Gasteiger partial charge < -0.3 is 30.1 Å². The minimum absolute atomic E-state index is 0.129. The maximum Gasteiger partial charge on any atom is 0.342 e. The minimum Gasteiger partial charge on any atom is -0.430 e. The number of pyridine rings is 2. The third-order valence-electron chi connectivity index (χ3n) is 4.22. The smallest absolute Gasteiger partial charge is 0.342 e. The van der Waals surface area contributed by atoms with Gasteiger partial charge in [0.25, 0.3) is 5.91 Å². The summed E-state index contributed by atoms with van der Waals surface area (Å²) in [5, 5.41) is 32.4. The van der Waals surface area contributed by atoms with E-state index in [-0.39, 0.29) is 11.1 Å². The zero-order valence-corrected chi connectivity index (χ0v) is 14.6. The molecule has 1 aliphatic heterocycles. The van der Waals surface area contributed by atoms with Crippen molar-refractivity contribution in [3.05, 3.63) is 60.2 Å². The lowest BCUT2D eigenvalue weighted by Gasteiger charge is -2.41. The summed E-state index contributed by atoms with van der Waals surface area (Å²) in [6.45, 7) is -0.623. The van der Waals surface area contributed by atoms with Crippen molar-refractivity contribution in [2.24, 2.45) is 0 Å². The Labute approximate surface area is 159 Å². The van der Waals surface area contributed by atoms with E-state index in [2.05, 4.69) is 15.3 Å². The molecule has 1 saturated heterocycles. The molecule has 0 spiro atoms. The molecule has 0 saturated carbocycles. The first-order valence-electron chi connectivity index (χ1n) is 8.45. The third kappa shape index (κ3) is 4.31. The van der Waals surface area contributed by atoms with Crippen LogP contribution in [0.2, 0.25) is 0 Å². The van der Waals surface area contributed by atoms with Crippen LogP contribution in [0, 0.1) is 0 Å². The number of amides is 1. The second-order valence-electron chi connectivity index (χ2n) is 6.09. The van der Waals surface area contributed by atoms with Crippen LogP contribution in [0.5, 0.6) is 0 Å². The molecule has 0 radical (unpaired) electrons. The van der Waals surface area contributed by atoms with Crippen LogP contribution in [0.3, 0.4) is 0 Å². The molecule has 0 aromatic carbocycles. The van der Waals surface area contributed by atoms with E-state index in [4.69, 9.17) is 9.47 Å². The molecule has 0 aliphatic carbocycles. The van der Waals surface area contributed by atoms with Crippen molar-refractivity contribution in [2.45, 2.75) is 30.6 Å². The number of ether oxygens (including phenoxy) is 2. The number of nitrogens with one attached hydrogen (secondary N) is 1. The number of carbonyl (C=O) groups excluding carboxylic acids is 2. The summed E-state index contributed by atoms with van der Waals surface area (Å²) in [7, 11) is 0. The van der Waals surface area contributed by atoms with E-state index in [9.17, 15) is 24.9 Å². The maximum atomic E-state index is 12.4. The summed E-state index contributed by atoms with van der Waals surface area (Å²) in [6, 6.07) is 4.78. The molecule has 2 aromatic rings. The number of aliphatic hydroxyl groups is 3. The van der Waals surface area contributed by atoms with E-state index in [0.29, 0.717) is 0 Å². The second-order valence-corrected chi connectivity index (χ2v) is 6.09. The van der Waals surface area contributed by atoms with E-state index >= 15 is 0 Å². The van der Waals surface area contributed by atoms with E-state index in [0.717, 1.165) is 0 Å². The molecule has 148 valence electrons. The number of hydrogen-bond acceptors (Lipinski definition) is 9. The lowest BCUT2D eigenvalue weighted by atomic mass is 9.96. The number of carbonyl (C=O) groups is 2. The normalized spacial score (nSPS) is 27.0. The van der Waals surface area contributed by atoms with Crippen LogP contribution in [0.4, 0.5) is 0 Å². The molecule has 1 fully saturated rings. The van der Waals surface area contributed by atoms with E-state index in [1.54, 1.807) is 6.07 Å². The van der Waals surface area contributed by atoms with Gasteiger partial charge in [-0.25, -0.2) is 4.79 Å². The largest absolute Gasteiger partial charge is 0.430 e. The standard InChI is InChI=1S/C18H19N3O7/c22-9-12-14(23)15(24)13(21-16(25)10-3-1-5-19-7-10)18(27-12)28-17(26)11-4-2-6-20-8-11/h1-8,12-15,18,22-24H,9H2,(H,21,25)/t12-,13-,14-,15-,18?/m1/s1. The average molecular weight is 389 g/mol. The predicted molar refractivity (Wildman–Crippen MR) is 92.9 cm³/mol. The summed E-state index contributed by atoms with van der Waals surface area (Å²) >= 11 is 0.